The number of nitrogens with one attached hydrogen (secondary N) is 1. The van der Waals surface area contributed by atoms with E-state index in [4.69, 9.17) is 0 Å². The van der Waals surface area contributed by atoms with Gasteiger partial charge in [-0.3, -0.25) is 4.79 Å². The fraction of sp³-hybridized carbons (Fsp3) is 0.167. The Bertz CT molecular complexity index is 704. The number of hydrogen-bond donors (Lipinski definition) is 1. The summed E-state index contributed by atoms with van der Waals surface area (Å²) in [6.45, 7) is 5.30. The molecule has 0 radical (unpaired) electrons. The first-order chi connectivity index (χ1) is 8.78. The predicted octanol–water partition coefficient (Wildman–Crippen LogP) is 2.85. The molecule has 0 fully saturated rings. The average molecular weight is 270 g/mol. The van der Waals surface area contributed by atoms with Gasteiger partial charge < -0.3 is 4.74 Å². The van der Waals surface area contributed by atoms with Gasteiger partial charge in [-0.2, -0.15) is 5.10 Å². The maximum Gasteiger partial charge on any atom is 0.573 e. The first-order valence-electron chi connectivity index (χ1n) is 5.22. The molecule has 2 rings (SSSR count). The summed E-state index contributed by atoms with van der Waals surface area (Å²) in [7, 11) is 0. The maximum absolute atomic E-state index is 12.2. The van der Waals surface area contributed by atoms with Crippen molar-refractivity contribution in [2.45, 2.75) is 13.3 Å². The molecule has 7 heteroatoms. The van der Waals surface area contributed by atoms with Gasteiger partial charge in [0.05, 0.1) is 11.1 Å². The Balaban J connectivity index is 2.66. The molecule has 0 saturated heterocycles. The number of hydrogen-bond acceptors (Lipinski definition) is 3. The fourth-order valence-electron chi connectivity index (χ4n) is 1.67. The van der Waals surface area contributed by atoms with Crippen LogP contribution in [0, 0.1) is 0 Å². The highest BCUT2D eigenvalue weighted by Gasteiger charge is 2.31. The van der Waals surface area contributed by atoms with E-state index in [0.717, 1.165) is 12.1 Å². The van der Waals surface area contributed by atoms with Crippen molar-refractivity contribution in [3.05, 3.63) is 40.8 Å². The Morgan fingerprint density at radius 2 is 2.05 bits per heavy atom. The highest BCUT2D eigenvalue weighted by atomic mass is 19.4. The van der Waals surface area contributed by atoms with E-state index in [1.807, 2.05) is 0 Å². The van der Waals surface area contributed by atoms with Crippen LogP contribution in [0.2, 0.25) is 0 Å². The molecule has 0 aliphatic rings. The first kappa shape index (κ1) is 13.1. The minimum Gasteiger partial charge on any atom is -0.406 e. The quantitative estimate of drug-likeness (QED) is 0.912. The molecule has 0 bridgehead atoms. The highest BCUT2D eigenvalue weighted by Crippen LogP contribution is 2.27. The lowest BCUT2D eigenvalue weighted by molar-refractivity contribution is -0.274. The van der Waals surface area contributed by atoms with Crippen molar-refractivity contribution >= 4 is 16.3 Å². The van der Waals surface area contributed by atoms with Crippen molar-refractivity contribution in [2.24, 2.45) is 0 Å². The first-order valence-corrected chi connectivity index (χ1v) is 5.22. The lowest BCUT2D eigenvalue weighted by Crippen LogP contribution is -2.17. The highest BCUT2D eigenvalue weighted by molar-refractivity contribution is 5.91. The molecular weight excluding hydrogens is 261 g/mol. The molecule has 1 aromatic carbocycles. The van der Waals surface area contributed by atoms with E-state index in [1.54, 1.807) is 6.92 Å². The number of allylic oxidation sites excluding steroid dienone is 1. The van der Waals surface area contributed by atoms with Crippen LogP contribution in [0.15, 0.2) is 29.6 Å². The van der Waals surface area contributed by atoms with E-state index >= 15 is 0 Å². The van der Waals surface area contributed by atoms with Gasteiger partial charge in [-0.05, 0) is 30.7 Å². The smallest absolute Gasteiger partial charge is 0.406 e. The zero-order chi connectivity index (χ0) is 14.2. The zero-order valence-corrected chi connectivity index (χ0v) is 9.84. The number of nitrogens with zero attached hydrogens (tertiary/aromatic N) is 1. The van der Waals surface area contributed by atoms with Gasteiger partial charge in [0.15, 0.2) is 0 Å². The predicted molar refractivity (Wildman–Crippen MR) is 63.8 cm³/mol. The lowest BCUT2D eigenvalue weighted by atomic mass is 10.1. The molecule has 0 aliphatic carbocycles. The molecule has 0 unspecified atom stereocenters. The summed E-state index contributed by atoms with van der Waals surface area (Å²) < 4.78 is 40.3. The van der Waals surface area contributed by atoms with Crippen molar-refractivity contribution in [3.63, 3.8) is 0 Å². The SMILES string of the molecule is C=C(C)c1n[nH]c(=O)c2ccc(OC(F)(F)F)cc12. The third-order valence-electron chi connectivity index (χ3n) is 2.40. The number of H-pyrrole nitrogens is 1. The van der Waals surface area contributed by atoms with Crippen molar-refractivity contribution in [3.8, 4) is 5.75 Å². The van der Waals surface area contributed by atoms with Gasteiger partial charge in [0.25, 0.3) is 5.56 Å². The van der Waals surface area contributed by atoms with Gasteiger partial charge in [0.2, 0.25) is 0 Å². The van der Waals surface area contributed by atoms with Gasteiger partial charge in [-0.15, -0.1) is 13.2 Å². The second-order valence-electron chi connectivity index (χ2n) is 3.94. The summed E-state index contributed by atoms with van der Waals surface area (Å²) in [4.78, 5) is 11.5. The fourth-order valence-corrected chi connectivity index (χ4v) is 1.67. The van der Waals surface area contributed by atoms with Gasteiger partial charge in [-0.1, -0.05) is 6.58 Å². The molecule has 0 atom stereocenters. The summed E-state index contributed by atoms with van der Waals surface area (Å²) in [5.74, 6) is -0.407. The summed E-state index contributed by atoms with van der Waals surface area (Å²) >= 11 is 0. The van der Waals surface area contributed by atoms with Crippen LogP contribution in [0.4, 0.5) is 13.2 Å². The van der Waals surface area contributed by atoms with Gasteiger partial charge in [-0.25, -0.2) is 5.10 Å². The molecule has 4 nitrogen and oxygen atoms in total. The number of fused-ring (bicyclic) bond motifs is 1. The standard InChI is InChI=1S/C12H9F3N2O2/c1-6(2)10-9-5-7(19-12(13,14)15)3-4-8(9)11(18)17-16-10/h3-5H,1H2,2H3,(H,17,18). The number of aromatic amines is 1. The molecule has 2 aromatic rings. The third-order valence-corrected chi connectivity index (χ3v) is 2.40. The molecule has 0 spiro atoms. The van der Waals surface area contributed by atoms with Crippen LogP contribution >= 0.6 is 0 Å². The van der Waals surface area contributed by atoms with E-state index in [-0.39, 0.29) is 10.8 Å². The topological polar surface area (TPSA) is 55.0 Å². The van der Waals surface area contributed by atoms with E-state index in [0.29, 0.717) is 11.3 Å². The number of aromatic nitrogens is 2. The number of benzene rings is 1. The van der Waals surface area contributed by atoms with Crippen molar-refractivity contribution in [1.29, 1.82) is 0 Å². The van der Waals surface area contributed by atoms with E-state index in [9.17, 15) is 18.0 Å². The van der Waals surface area contributed by atoms with Crippen LogP contribution in [0.1, 0.15) is 12.6 Å². The summed E-state index contributed by atoms with van der Waals surface area (Å²) in [6, 6.07) is 3.45. The van der Waals surface area contributed by atoms with Crippen molar-refractivity contribution in [2.75, 3.05) is 0 Å². The van der Waals surface area contributed by atoms with Crippen LogP contribution in [0.25, 0.3) is 16.3 Å². The van der Waals surface area contributed by atoms with Crippen LogP contribution in [0.5, 0.6) is 5.75 Å². The number of alkyl halides is 3. The molecule has 100 valence electrons. The third kappa shape index (κ3) is 2.75. The Morgan fingerprint density at radius 1 is 1.37 bits per heavy atom. The normalized spacial score (nSPS) is 11.6. The van der Waals surface area contributed by atoms with Crippen molar-refractivity contribution in [1.82, 2.24) is 10.2 Å². The van der Waals surface area contributed by atoms with Gasteiger partial charge >= 0.3 is 6.36 Å². The number of rotatable bonds is 2. The maximum atomic E-state index is 12.2. The Morgan fingerprint density at radius 3 is 2.63 bits per heavy atom. The second kappa shape index (κ2) is 4.42. The summed E-state index contributed by atoms with van der Waals surface area (Å²) in [5, 5.41) is 6.52. The molecule has 19 heavy (non-hydrogen) atoms. The molecule has 0 saturated carbocycles. The molecule has 0 aliphatic heterocycles. The Hall–Kier alpha value is -2.31. The largest absolute Gasteiger partial charge is 0.573 e. The minimum atomic E-state index is -4.79. The molecule has 0 amide bonds. The monoisotopic (exact) mass is 270 g/mol. The zero-order valence-electron chi connectivity index (χ0n) is 9.84. The second-order valence-corrected chi connectivity index (χ2v) is 3.94. The lowest BCUT2D eigenvalue weighted by Gasteiger charge is -2.10. The minimum absolute atomic E-state index is 0.225. The molecule has 1 aromatic heterocycles. The summed E-state index contributed by atoms with van der Waals surface area (Å²) in [5.41, 5.74) is 0.353. The molecule has 1 N–H and O–H groups in total. The Labute approximate surface area is 105 Å². The van der Waals surface area contributed by atoms with E-state index in [2.05, 4.69) is 21.5 Å². The molecular formula is C12H9F3N2O2. The van der Waals surface area contributed by atoms with Crippen LogP contribution in [-0.2, 0) is 0 Å². The van der Waals surface area contributed by atoms with Crippen molar-refractivity contribution < 1.29 is 17.9 Å². The van der Waals surface area contributed by atoms with Gasteiger partial charge in [0.1, 0.15) is 5.75 Å². The number of halogens is 3. The Kier molecular flexibility index (Phi) is 3.05. The van der Waals surface area contributed by atoms with Crippen LogP contribution in [0.3, 0.4) is 0 Å². The number of ether oxygens (including phenoxy) is 1. The summed E-state index contributed by atoms with van der Waals surface area (Å²) in [6.07, 6.45) is -4.79. The molecule has 1 heterocycles. The van der Waals surface area contributed by atoms with Crippen LogP contribution in [-0.4, -0.2) is 16.6 Å². The average Bonchev–Trinajstić information content (AvgIpc) is 2.26. The van der Waals surface area contributed by atoms with E-state index in [1.165, 1.54) is 6.07 Å². The van der Waals surface area contributed by atoms with Crippen LogP contribution < -0.4 is 10.3 Å². The van der Waals surface area contributed by atoms with E-state index < -0.39 is 17.7 Å². The van der Waals surface area contributed by atoms with Gasteiger partial charge in [0, 0.05) is 5.39 Å².